The van der Waals surface area contributed by atoms with Crippen molar-refractivity contribution in [3.63, 3.8) is 0 Å². The largest absolute Gasteiger partial charge is 0.380 e. The summed E-state index contributed by atoms with van der Waals surface area (Å²) in [6.45, 7) is 1.44. The molecule has 102 valence electrons. The van der Waals surface area contributed by atoms with Crippen LogP contribution in [0, 0.1) is 0 Å². The van der Waals surface area contributed by atoms with Gasteiger partial charge in [0.1, 0.15) is 5.01 Å². The SMILES string of the molecule is NCc1ccc(CNc2cccc(-c3nccs3)c2)s1. The van der Waals surface area contributed by atoms with E-state index in [-0.39, 0.29) is 0 Å². The molecule has 0 unspecified atom stereocenters. The second-order valence-electron chi connectivity index (χ2n) is 4.34. The van der Waals surface area contributed by atoms with Gasteiger partial charge in [-0.15, -0.1) is 22.7 Å². The first-order valence-corrected chi connectivity index (χ1v) is 8.06. The maximum Gasteiger partial charge on any atom is 0.123 e. The fraction of sp³-hybridized carbons (Fsp3) is 0.133. The topological polar surface area (TPSA) is 50.9 Å². The molecule has 1 aromatic carbocycles. The van der Waals surface area contributed by atoms with E-state index in [4.69, 9.17) is 5.73 Å². The molecule has 3 rings (SSSR count). The fourth-order valence-electron chi connectivity index (χ4n) is 1.94. The molecule has 0 amide bonds. The summed E-state index contributed by atoms with van der Waals surface area (Å²) in [5.74, 6) is 0. The van der Waals surface area contributed by atoms with Crippen molar-refractivity contribution in [2.24, 2.45) is 5.73 Å². The third-order valence-electron chi connectivity index (χ3n) is 2.93. The van der Waals surface area contributed by atoms with Crippen LogP contribution in [0.5, 0.6) is 0 Å². The molecule has 0 saturated carbocycles. The van der Waals surface area contributed by atoms with Crippen LogP contribution in [0.25, 0.3) is 10.6 Å². The van der Waals surface area contributed by atoms with Gasteiger partial charge in [0.15, 0.2) is 0 Å². The van der Waals surface area contributed by atoms with Gasteiger partial charge in [0, 0.05) is 45.7 Å². The van der Waals surface area contributed by atoms with Crippen LogP contribution in [0.2, 0.25) is 0 Å². The Morgan fingerprint density at radius 2 is 2.05 bits per heavy atom. The molecule has 0 spiro atoms. The lowest BCUT2D eigenvalue weighted by Gasteiger charge is -2.06. The summed E-state index contributed by atoms with van der Waals surface area (Å²) in [6.07, 6.45) is 1.83. The van der Waals surface area contributed by atoms with E-state index >= 15 is 0 Å². The highest BCUT2D eigenvalue weighted by atomic mass is 32.1. The third kappa shape index (κ3) is 3.07. The molecule has 0 saturated heterocycles. The van der Waals surface area contributed by atoms with Crippen LogP contribution in [0.3, 0.4) is 0 Å². The molecular formula is C15H15N3S2. The van der Waals surface area contributed by atoms with Crippen LogP contribution in [0.4, 0.5) is 5.69 Å². The van der Waals surface area contributed by atoms with Gasteiger partial charge in [-0.1, -0.05) is 12.1 Å². The smallest absolute Gasteiger partial charge is 0.123 e. The number of hydrogen-bond donors (Lipinski definition) is 2. The summed E-state index contributed by atoms with van der Waals surface area (Å²) < 4.78 is 0. The average molecular weight is 301 g/mol. The molecule has 0 bridgehead atoms. The van der Waals surface area contributed by atoms with Gasteiger partial charge in [-0.05, 0) is 24.3 Å². The summed E-state index contributed by atoms with van der Waals surface area (Å²) in [5, 5.41) is 6.49. The highest BCUT2D eigenvalue weighted by Crippen LogP contribution is 2.25. The van der Waals surface area contributed by atoms with E-state index in [1.807, 2.05) is 11.6 Å². The molecule has 0 radical (unpaired) electrons. The Kier molecular flexibility index (Phi) is 4.11. The quantitative estimate of drug-likeness (QED) is 0.750. The third-order valence-corrected chi connectivity index (χ3v) is 4.86. The average Bonchev–Trinajstić information content (AvgIpc) is 3.17. The van der Waals surface area contributed by atoms with Crippen LogP contribution in [-0.4, -0.2) is 4.98 Å². The second-order valence-corrected chi connectivity index (χ2v) is 6.49. The Labute approximate surface area is 126 Å². The highest BCUT2D eigenvalue weighted by molar-refractivity contribution is 7.13. The lowest BCUT2D eigenvalue weighted by atomic mass is 10.2. The van der Waals surface area contributed by atoms with Crippen molar-refractivity contribution in [1.82, 2.24) is 4.98 Å². The van der Waals surface area contributed by atoms with Crippen molar-refractivity contribution < 1.29 is 0 Å². The van der Waals surface area contributed by atoms with E-state index in [9.17, 15) is 0 Å². The minimum absolute atomic E-state index is 0.615. The molecule has 0 atom stereocenters. The molecule has 5 heteroatoms. The number of aromatic nitrogens is 1. The molecule has 3 N–H and O–H groups in total. The van der Waals surface area contributed by atoms with Crippen molar-refractivity contribution in [3.05, 3.63) is 57.7 Å². The molecular weight excluding hydrogens is 286 g/mol. The molecule has 3 nitrogen and oxygen atoms in total. The number of thiazole rings is 1. The number of nitrogens with two attached hydrogens (primary N) is 1. The van der Waals surface area contributed by atoms with Crippen LogP contribution in [0.1, 0.15) is 9.75 Å². The molecule has 20 heavy (non-hydrogen) atoms. The summed E-state index contributed by atoms with van der Waals surface area (Å²) in [4.78, 5) is 6.86. The lowest BCUT2D eigenvalue weighted by molar-refractivity contribution is 1.11. The zero-order chi connectivity index (χ0) is 13.8. The van der Waals surface area contributed by atoms with E-state index in [0.717, 1.165) is 22.8 Å². The first kappa shape index (κ1) is 13.3. The van der Waals surface area contributed by atoms with Crippen molar-refractivity contribution >= 4 is 28.4 Å². The first-order valence-electron chi connectivity index (χ1n) is 6.36. The lowest BCUT2D eigenvalue weighted by Crippen LogP contribution is -1.97. The number of anilines is 1. The normalized spacial score (nSPS) is 10.7. The standard InChI is InChI=1S/C15H15N3S2/c16-9-13-4-5-14(20-13)10-18-12-3-1-2-11(8-12)15-17-6-7-19-15/h1-8,18H,9-10,16H2. The van der Waals surface area contributed by atoms with Gasteiger partial charge in [-0.25, -0.2) is 4.98 Å². The fourth-order valence-corrected chi connectivity index (χ4v) is 3.42. The molecule has 2 heterocycles. The van der Waals surface area contributed by atoms with E-state index in [1.165, 1.54) is 9.75 Å². The zero-order valence-electron chi connectivity index (χ0n) is 10.9. The Balaban J connectivity index is 1.70. The van der Waals surface area contributed by atoms with Crippen molar-refractivity contribution in [2.45, 2.75) is 13.1 Å². The summed E-state index contributed by atoms with van der Waals surface area (Å²) in [6, 6.07) is 12.6. The van der Waals surface area contributed by atoms with Gasteiger partial charge in [0.25, 0.3) is 0 Å². The molecule has 0 aliphatic heterocycles. The Bertz CT molecular complexity index is 674. The van der Waals surface area contributed by atoms with E-state index in [2.05, 4.69) is 46.7 Å². The van der Waals surface area contributed by atoms with Gasteiger partial charge in [0.05, 0.1) is 0 Å². The number of rotatable bonds is 5. The number of thiophene rings is 1. The monoisotopic (exact) mass is 301 g/mol. The Hall–Kier alpha value is -1.69. The van der Waals surface area contributed by atoms with Crippen LogP contribution < -0.4 is 11.1 Å². The molecule has 3 aromatic rings. The summed E-state index contributed by atoms with van der Waals surface area (Å²) in [7, 11) is 0. The minimum atomic E-state index is 0.615. The van der Waals surface area contributed by atoms with Gasteiger partial charge in [-0.3, -0.25) is 0 Å². The number of nitrogens with one attached hydrogen (secondary N) is 1. The predicted octanol–water partition coefficient (Wildman–Crippen LogP) is 3.94. The first-order chi connectivity index (χ1) is 9.85. The number of hydrogen-bond acceptors (Lipinski definition) is 5. The summed E-state index contributed by atoms with van der Waals surface area (Å²) in [5.41, 5.74) is 7.89. The molecule has 0 aliphatic rings. The second kappa shape index (κ2) is 6.17. The Morgan fingerprint density at radius 1 is 1.15 bits per heavy atom. The van der Waals surface area contributed by atoms with Crippen LogP contribution in [0.15, 0.2) is 48.0 Å². The van der Waals surface area contributed by atoms with E-state index < -0.39 is 0 Å². The number of nitrogens with zero attached hydrogens (tertiary/aromatic N) is 1. The van der Waals surface area contributed by atoms with Crippen LogP contribution >= 0.6 is 22.7 Å². The van der Waals surface area contributed by atoms with Gasteiger partial charge < -0.3 is 11.1 Å². The van der Waals surface area contributed by atoms with E-state index in [1.54, 1.807) is 22.7 Å². The minimum Gasteiger partial charge on any atom is -0.380 e. The van der Waals surface area contributed by atoms with Crippen molar-refractivity contribution in [1.29, 1.82) is 0 Å². The number of benzene rings is 1. The van der Waals surface area contributed by atoms with Crippen molar-refractivity contribution in [2.75, 3.05) is 5.32 Å². The molecule has 2 aromatic heterocycles. The maximum atomic E-state index is 5.63. The van der Waals surface area contributed by atoms with Gasteiger partial charge in [0.2, 0.25) is 0 Å². The molecule has 0 aliphatic carbocycles. The van der Waals surface area contributed by atoms with Crippen molar-refractivity contribution in [3.8, 4) is 10.6 Å². The Morgan fingerprint density at radius 3 is 2.80 bits per heavy atom. The maximum absolute atomic E-state index is 5.63. The predicted molar refractivity (Wildman–Crippen MR) is 87.1 cm³/mol. The zero-order valence-corrected chi connectivity index (χ0v) is 12.5. The highest BCUT2D eigenvalue weighted by Gasteiger charge is 2.02. The van der Waals surface area contributed by atoms with Crippen LogP contribution in [-0.2, 0) is 13.1 Å². The van der Waals surface area contributed by atoms with Gasteiger partial charge >= 0.3 is 0 Å². The van der Waals surface area contributed by atoms with E-state index in [0.29, 0.717) is 6.54 Å². The molecule has 0 fully saturated rings. The van der Waals surface area contributed by atoms with Gasteiger partial charge in [-0.2, -0.15) is 0 Å². The summed E-state index contributed by atoms with van der Waals surface area (Å²) >= 11 is 3.41.